The lowest BCUT2D eigenvalue weighted by atomic mass is 9.79. The van der Waals surface area contributed by atoms with Gasteiger partial charge in [0.15, 0.2) is 5.96 Å². The van der Waals surface area contributed by atoms with E-state index in [0.717, 1.165) is 38.4 Å². The molecule has 0 aromatic heterocycles. The second kappa shape index (κ2) is 10.9. The molecule has 0 bridgehead atoms. The van der Waals surface area contributed by atoms with Crippen molar-refractivity contribution in [2.24, 2.45) is 4.99 Å². The van der Waals surface area contributed by atoms with Gasteiger partial charge in [0.2, 0.25) is 0 Å². The van der Waals surface area contributed by atoms with Crippen LogP contribution in [0.15, 0.2) is 29.3 Å². The number of guanidine groups is 1. The molecule has 1 aromatic rings. The van der Waals surface area contributed by atoms with Gasteiger partial charge in [-0.15, -0.1) is 24.0 Å². The highest BCUT2D eigenvalue weighted by molar-refractivity contribution is 14.0. The third-order valence-corrected chi connectivity index (χ3v) is 4.50. The van der Waals surface area contributed by atoms with E-state index in [4.69, 9.17) is 9.73 Å². The number of rotatable bonds is 7. The minimum Gasteiger partial charge on any atom is -0.383 e. The summed E-state index contributed by atoms with van der Waals surface area (Å²) in [5, 5.41) is 6.54. The second-order valence-electron chi connectivity index (χ2n) is 6.11. The summed E-state index contributed by atoms with van der Waals surface area (Å²) in [4.78, 5) is 4.78. The third-order valence-electron chi connectivity index (χ3n) is 4.50. The minimum absolute atomic E-state index is 0. The van der Waals surface area contributed by atoms with Crippen LogP contribution in [0.4, 0.5) is 4.39 Å². The molecule has 2 N–H and O–H groups in total. The molecule has 0 atom stereocenters. The number of aliphatic imine (C=N–C) groups is 1. The van der Waals surface area contributed by atoms with E-state index in [-0.39, 0.29) is 35.2 Å². The zero-order valence-corrected chi connectivity index (χ0v) is 16.9. The number of halogens is 2. The molecule has 24 heavy (non-hydrogen) atoms. The Kier molecular flexibility index (Phi) is 9.58. The van der Waals surface area contributed by atoms with Gasteiger partial charge in [-0.25, -0.2) is 4.39 Å². The molecule has 1 fully saturated rings. The van der Waals surface area contributed by atoms with E-state index >= 15 is 0 Å². The van der Waals surface area contributed by atoms with Crippen molar-refractivity contribution >= 4 is 29.9 Å². The Labute approximate surface area is 161 Å². The summed E-state index contributed by atoms with van der Waals surface area (Å²) >= 11 is 0. The first-order valence-corrected chi connectivity index (χ1v) is 8.47. The molecule has 0 amide bonds. The topological polar surface area (TPSA) is 45.7 Å². The number of methoxy groups -OCH3 is 1. The van der Waals surface area contributed by atoms with Crippen LogP contribution in [-0.2, 0) is 10.2 Å². The summed E-state index contributed by atoms with van der Waals surface area (Å²) in [5.74, 6) is 0.637. The molecule has 0 saturated heterocycles. The Morgan fingerprint density at radius 2 is 1.88 bits per heavy atom. The van der Waals surface area contributed by atoms with E-state index in [1.54, 1.807) is 19.2 Å². The first-order chi connectivity index (χ1) is 11.2. The molecule has 4 nitrogen and oxygen atoms in total. The number of ether oxygens (including phenoxy) is 1. The average molecular weight is 449 g/mol. The van der Waals surface area contributed by atoms with Crippen molar-refractivity contribution in [2.45, 2.75) is 38.0 Å². The first kappa shape index (κ1) is 21.2. The lowest BCUT2D eigenvalue weighted by molar-refractivity contribution is 0.203. The summed E-state index contributed by atoms with van der Waals surface area (Å²) in [7, 11) is 1.69. The summed E-state index contributed by atoms with van der Waals surface area (Å²) < 4.78 is 18.3. The summed E-state index contributed by atoms with van der Waals surface area (Å²) in [6.07, 6.45) is 4.64. The molecular weight excluding hydrogens is 420 g/mol. The van der Waals surface area contributed by atoms with Gasteiger partial charge in [-0.3, -0.25) is 4.99 Å². The van der Waals surface area contributed by atoms with Crippen LogP contribution in [-0.4, -0.2) is 39.3 Å². The summed E-state index contributed by atoms with van der Waals surface area (Å²) in [5.41, 5.74) is 1.24. The zero-order valence-electron chi connectivity index (χ0n) is 14.6. The van der Waals surface area contributed by atoms with E-state index in [1.807, 2.05) is 12.1 Å². The maximum absolute atomic E-state index is 13.2. The van der Waals surface area contributed by atoms with Crippen LogP contribution in [0.3, 0.4) is 0 Å². The SMILES string of the molecule is CCNC(=NCC1(c2ccc(F)cc2)CCCC1)NCCOC.I. The van der Waals surface area contributed by atoms with E-state index in [1.165, 1.54) is 18.4 Å². The van der Waals surface area contributed by atoms with Gasteiger partial charge in [0.25, 0.3) is 0 Å². The smallest absolute Gasteiger partial charge is 0.191 e. The molecule has 1 aliphatic rings. The largest absolute Gasteiger partial charge is 0.383 e. The van der Waals surface area contributed by atoms with Crippen molar-refractivity contribution in [3.05, 3.63) is 35.6 Å². The molecule has 136 valence electrons. The van der Waals surface area contributed by atoms with Crippen molar-refractivity contribution in [3.63, 3.8) is 0 Å². The number of hydrogen-bond acceptors (Lipinski definition) is 2. The Morgan fingerprint density at radius 1 is 1.21 bits per heavy atom. The maximum atomic E-state index is 13.2. The quantitative estimate of drug-likeness (QED) is 0.290. The molecule has 0 aliphatic heterocycles. The Bertz CT molecular complexity index is 501. The first-order valence-electron chi connectivity index (χ1n) is 8.47. The summed E-state index contributed by atoms with van der Waals surface area (Å²) in [6.45, 7) is 4.97. The lowest BCUT2D eigenvalue weighted by Gasteiger charge is -2.28. The molecule has 0 spiro atoms. The van der Waals surface area contributed by atoms with E-state index in [9.17, 15) is 4.39 Å². The third kappa shape index (κ3) is 5.88. The van der Waals surface area contributed by atoms with Crippen molar-refractivity contribution in [1.82, 2.24) is 10.6 Å². The van der Waals surface area contributed by atoms with Crippen LogP contribution < -0.4 is 10.6 Å². The van der Waals surface area contributed by atoms with Gasteiger partial charge < -0.3 is 15.4 Å². The van der Waals surface area contributed by atoms with Crippen LogP contribution in [0.1, 0.15) is 38.2 Å². The predicted octanol–water partition coefficient (Wildman–Crippen LogP) is 3.46. The van der Waals surface area contributed by atoms with Crippen molar-refractivity contribution in [3.8, 4) is 0 Å². The molecule has 0 unspecified atom stereocenters. The minimum atomic E-state index is -0.181. The van der Waals surface area contributed by atoms with Crippen molar-refractivity contribution < 1.29 is 9.13 Å². The van der Waals surface area contributed by atoms with Crippen LogP contribution in [0.25, 0.3) is 0 Å². The molecule has 1 aliphatic carbocycles. The fourth-order valence-electron chi connectivity index (χ4n) is 3.24. The zero-order chi connectivity index (χ0) is 16.5. The standard InChI is InChI=1S/C18H28FN3O.HI/c1-3-20-17(21-12-13-23-2)22-14-18(10-4-5-11-18)15-6-8-16(19)9-7-15;/h6-9H,3-5,10-14H2,1-2H3,(H2,20,21,22);1H. The molecule has 2 rings (SSSR count). The molecule has 6 heteroatoms. The normalized spacial score (nSPS) is 16.5. The van der Waals surface area contributed by atoms with Gasteiger partial charge in [-0.1, -0.05) is 25.0 Å². The van der Waals surface area contributed by atoms with Crippen LogP contribution in [0, 0.1) is 5.82 Å². The monoisotopic (exact) mass is 449 g/mol. The fraction of sp³-hybridized carbons (Fsp3) is 0.611. The van der Waals surface area contributed by atoms with Gasteiger partial charge in [-0.05, 0) is 37.5 Å². The van der Waals surface area contributed by atoms with E-state index < -0.39 is 0 Å². The molecule has 0 heterocycles. The van der Waals surface area contributed by atoms with E-state index in [0.29, 0.717) is 6.61 Å². The summed E-state index contributed by atoms with van der Waals surface area (Å²) in [6, 6.07) is 6.95. The number of nitrogens with one attached hydrogen (secondary N) is 2. The molecule has 1 saturated carbocycles. The number of nitrogens with zero attached hydrogens (tertiary/aromatic N) is 1. The van der Waals surface area contributed by atoms with Gasteiger partial charge in [0.1, 0.15) is 5.82 Å². The Hall–Kier alpha value is -0.890. The van der Waals surface area contributed by atoms with Gasteiger partial charge in [0.05, 0.1) is 13.2 Å². The van der Waals surface area contributed by atoms with Crippen LogP contribution >= 0.6 is 24.0 Å². The van der Waals surface area contributed by atoms with Crippen molar-refractivity contribution in [1.29, 1.82) is 0 Å². The Balaban J connectivity index is 0.00000288. The number of hydrogen-bond donors (Lipinski definition) is 2. The second-order valence-corrected chi connectivity index (χ2v) is 6.11. The highest BCUT2D eigenvalue weighted by Gasteiger charge is 2.35. The van der Waals surface area contributed by atoms with E-state index in [2.05, 4.69) is 17.6 Å². The van der Waals surface area contributed by atoms with Crippen molar-refractivity contribution in [2.75, 3.05) is 33.4 Å². The molecular formula is C18H29FIN3O. The fourth-order valence-corrected chi connectivity index (χ4v) is 3.24. The van der Waals surface area contributed by atoms with Gasteiger partial charge in [0, 0.05) is 25.6 Å². The maximum Gasteiger partial charge on any atom is 0.191 e. The molecule has 1 aromatic carbocycles. The molecule has 0 radical (unpaired) electrons. The highest BCUT2D eigenvalue weighted by Crippen LogP contribution is 2.41. The van der Waals surface area contributed by atoms with Gasteiger partial charge in [-0.2, -0.15) is 0 Å². The van der Waals surface area contributed by atoms with Crippen LogP contribution in [0.5, 0.6) is 0 Å². The lowest BCUT2D eigenvalue weighted by Crippen LogP contribution is -2.40. The highest BCUT2D eigenvalue weighted by atomic mass is 127. The van der Waals surface area contributed by atoms with Gasteiger partial charge >= 0.3 is 0 Å². The van der Waals surface area contributed by atoms with Crippen LogP contribution in [0.2, 0.25) is 0 Å². The number of benzene rings is 1. The Morgan fingerprint density at radius 3 is 2.46 bits per heavy atom. The average Bonchev–Trinajstić information content (AvgIpc) is 3.03. The predicted molar refractivity (Wildman–Crippen MR) is 108 cm³/mol.